The molecule has 0 fully saturated rings. The van der Waals surface area contributed by atoms with Gasteiger partial charge in [0, 0.05) is 18.3 Å². The van der Waals surface area contributed by atoms with Gasteiger partial charge in [-0.25, -0.2) is 9.78 Å². The summed E-state index contributed by atoms with van der Waals surface area (Å²) in [4.78, 5) is 17.1. The van der Waals surface area contributed by atoms with Crippen LogP contribution in [0.25, 0.3) is 11.4 Å². The summed E-state index contributed by atoms with van der Waals surface area (Å²) in [6.07, 6.45) is 1.77. The number of hydrogen-bond donors (Lipinski definition) is 0. The van der Waals surface area contributed by atoms with Crippen LogP contribution in [0.1, 0.15) is 21.6 Å². The van der Waals surface area contributed by atoms with Crippen molar-refractivity contribution in [2.45, 2.75) is 13.2 Å². The Morgan fingerprint density at radius 1 is 0.786 bits per heavy atom. The Morgan fingerprint density at radius 2 is 1.36 bits per heavy atom. The lowest BCUT2D eigenvalue weighted by Crippen LogP contribution is -2.05. The lowest BCUT2D eigenvalue weighted by atomic mass is 10.2. The molecule has 28 heavy (non-hydrogen) atoms. The fourth-order valence-corrected chi connectivity index (χ4v) is 3.03. The van der Waals surface area contributed by atoms with Gasteiger partial charge in [0.05, 0.1) is 0 Å². The van der Waals surface area contributed by atoms with Crippen LogP contribution in [-0.4, -0.2) is 15.5 Å². The zero-order chi connectivity index (χ0) is 19.2. The Balaban J connectivity index is 1.60. The second-order valence-corrected chi connectivity index (χ2v) is 6.49. The van der Waals surface area contributed by atoms with Gasteiger partial charge >= 0.3 is 5.97 Å². The Kier molecular flexibility index (Phi) is 5.29. The molecule has 0 aliphatic rings. The number of ether oxygens (including phenoxy) is 1. The third-order valence-corrected chi connectivity index (χ3v) is 4.43. The largest absolute Gasteiger partial charge is 0.456 e. The molecule has 3 aromatic carbocycles. The second kappa shape index (κ2) is 8.35. The molecule has 0 spiro atoms. The maximum atomic E-state index is 12.6. The van der Waals surface area contributed by atoms with E-state index in [0.29, 0.717) is 12.2 Å². The van der Waals surface area contributed by atoms with Crippen molar-refractivity contribution in [3.63, 3.8) is 0 Å². The summed E-state index contributed by atoms with van der Waals surface area (Å²) in [5.74, 6) is 0.323. The summed E-state index contributed by atoms with van der Waals surface area (Å²) in [5, 5.41) is 0. The van der Waals surface area contributed by atoms with E-state index in [2.05, 4.69) is 17.1 Å². The molecule has 4 heteroatoms. The third-order valence-electron chi connectivity index (χ3n) is 4.43. The summed E-state index contributed by atoms with van der Waals surface area (Å²) in [6.45, 7) is 0.857. The second-order valence-electron chi connectivity index (χ2n) is 6.49. The molecule has 0 N–H and O–H groups in total. The fraction of sp³-hybridized carbons (Fsp3) is 0.0833. The van der Waals surface area contributed by atoms with Gasteiger partial charge in [0.25, 0.3) is 0 Å². The smallest absolute Gasteiger partial charge is 0.358 e. The van der Waals surface area contributed by atoms with E-state index >= 15 is 0 Å². The minimum atomic E-state index is -0.423. The molecule has 0 atom stereocenters. The summed E-state index contributed by atoms with van der Waals surface area (Å²) < 4.78 is 7.44. The minimum Gasteiger partial charge on any atom is -0.456 e. The zero-order valence-electron chi connectivity index (χ0n) is 15.4. The molecule has 4 aromatic rings. The highest BCUT2D eigenvalue weighted by Gasteiger charge is 2.17. The predicted molar refractivity (Wildman–Crippen MR) is 109 cm³/mol. The molecule has 1 aromatic heterocycles. The maximum absolute atomic E-state index is 12.6. The topological polar surface area (TPSA) is 44.1 Å². The first-order chi connectivity index (χ1) is 13.8. The van der Waals surface area contributed by atoms with Gasteiger partial charge < -0.3 is 9.30 Å². The van der Waals surface area contributed by atoms with E-state index in [9.17, 15) is 4.79 Å². The van der Waals surface area contributed by atoms with Gasteiger partial charge in [-0.2, -0.15) is 0 Å². The van der Waals surface area contributed by atoms with Crippen LogP contribution in [-0.2, 0) is 17.9 Å². The number of hydrogen-bond acceptors (Lipinski definition) is 3. The van der Waals surface area contributed by atoms with Crippen LogP contribution in [0.4, 0.5) is 0 Å². The van der Waals surface area contributed by atoms with E-state index in [0.717, 1.165) is 22.5 Å². The first kappa shape index (κ1) is 17.7. The van der Waals surface area contributed by atoms with Gasteiger partial charge in [0.2, 0.25) is 0 Å². The molecule has 0 aliphatic carbocycles. The van der Waals surface area contributed by atoms with Crippen LogP contribution < -0.4 is 0 Å². The number of nitrogens with zero attached hydrogens (tertiary/aromatic N) is 2. The maximum Gasteiger partial charge on any atom is 0.358 e. The van der Waals surface area contributed by atoms with Crippen LogP contribution in [0.5, 0.6) is 0 Å². The van der Waals surface area contributed by atoms with Crippen molar-refractivity contribution >= 4 is 5.97 Å². The molecule has 4 rings (SSSR count). The van der Waals surface area contributed by atoms with E-state index in [1.54, 1.807) is 6.20 Å². The fourth-order valence-electron chi connectivity index (χ4n) is 3.03. The van der Waals surface area contributed by atoms with Crippen LogP contribution in [0.3, 0.4) is 0 Å². The van der Waals surface area contributed by atoms with Gasteiger partial charge in [-0.1, -0.05) is 91.0 Å². The number of carbonyl (C=O) groups is 1. The summed E-state index contributed by atoms with van der Waals surface area (Å²) in [6, 6.07) is 29.6. The van der Waals surface area contributed by atoms with Gasteiger partial charge in [0.1, 0.15) is 12.4 Å². The minimum absolute atomic E-state index is 0.228. The highest BCUT2D eigenvalue weighted by molar-refractivity contribution is 5.88. The molecule has 4 nitrogen and oxygen atoms in total. The van der Waals surface area contributed by atoms with Crippen molar-refractivity contribution in [2.75, 3.05) is 0 Å². The van der Waals surface area contributed by atoms with Crippen LogP contribution in [0, 0.1) is 0 Å². The molecule has 0 saturated heterocycles. The lowest BCUT2D eigenvalue weighted by Gasteiger charge is -2.07. The highest BCUT2D eigenvalue weighted by atomic mass is 16.5. The van der Waals surface area contributed by atoms with E-state index < -0.39 is 5.97 Å². The molecule has 0 aliphatic heterocycles. The monoisotopic (exact) mass is 368 g/mol. The number of esters is 1. The summed E-state index contributed by atoms with van der Waals surface area (Å²) >= 11 is 0. The van der Waals surface area contributed by atoms with Crippen molar-refractivity contribution in [1.29, 1.82) is 0 Å². The van der Waals surface area contributed by atoms with Crippen molar-refractivity contribution in [3.8, 4) is 11.4 Å². The molecule has 0 unspecified atom stereocenters. The SMILES string of the molecule is O=C(OCc1ccccc1)c1cn(Cc2ccccc2)c(-c2ccccc2)n1. The van der Waals surface area contributed by atoms with E-state index in [-0.39, 0.29) is 6.61 Å². The lowest BCUT2D eigenvalue weighted by molar-refractivity contribution is 0.0466. The van der Waals surface area contributed by atoms with Gasteiger partial charge in [-0.3, -0.25) is 0 Å². The first-order valence-corrected chi connectivity index (χ1v) is 9.17. The third kappa shape index (κ3) is 4.18. The average molecular weight is 368 g/mol. The first-order valence-electron chi connectivity index (χ1n) is 9.17. The number of carbonyl (C=O) groups excluding carboxylic acids is 1. The number of aromatic nitrogens is 2. The zero-order valence-corrected chi connectivity index (χ0v) is 15.4. The molecule has 1 heterocycles. The number of benzene rings is 3. The summed E-state index contributed by atoms with van der Waals surface area (Å²) in [5.41, 5.74) is 3.36. The van der Waals surface area contributed by atoms with Gasteiger partial charge in [-0.05, 0) is 11.1 Å². The van der Waals surface area contributed by atoms with Crippen molar-refractivity contribution < 1.29 is 9.53 Å². The van der Waals surface area contributed by atoms with Crippen LogP contribution in [0.2, 0.25) is 0 Å². The molecule has 138 valence electrons. The molecular weight excluding hydrogens is 348 g/mol. The molecule has 0 amide bonds. The number of imidazole rings is 1. The molecule has 0 saturated carbocycles. The standard InChI is InChI=1S/C24H20N2O2/c27-24(28-18-20-12-6-2-7-13-20)22-17-26(16-19-10-4-1-5-11-19)23(25-22)21-14-8-3-9-15-21/h1-15,17H,16,18H2. The van der Waals surface area contributed by atoms with E-state index in [1.165, 1.54) is 0 Å². The van der Waals surface area contributed by atoms with Crippen molar-refractivity contribution in [3.05, 3.63) is 114 Å². The van der Waals surface area contributed by atoms with Gasteiger partial charge in [0.15, 0.2) is 5.69 Å². The van der Waals surface area contributed by atoms with E-state index in [4.69, 9.17) is 4.74 Å². The molecular formula is C24H20N2O2. The van der Waals surface area contributed by atoms with E-state index in [1.807, 2.05) is 83.4 Å². The van der Waals surface area contributed by atoms with Gasteiger partial charge in [-0.15, -0.1) is 0 Å². The average Bonchev–Trinajstić information content (AvgIpc) is 3.18. The molecule has 0 bridgehead atoms. The summed E-state index contributed by atoms with van der Waals surface area (Å²) in [7, 11) is 0. The molecule has 0 radical (unpaired) electrons. The normalized spacial score (nSPS) is 10.6. The Morgan fingerprint density at radius 3 is 2.00 bits per heavy atom. The number of rotatable bonds is 6. The quantitative estimate of drug-likeness (QED) is 0.452. The Hall–Kier alpha value is -3.66. The van der Waals surface area contributed by atoms with Crippen molar-refractivity contribution in [2.24, 2.45) is 0 Å². The Labute approximate surface area is 164 Å². The highest BCUT2D eigenvalue weighted by Crippen LogP contribution is 2.21. The van der Waals surface area contributed by atoms with Crippen LogP contribution in [0.15, 0.2) is 97.2 Å². The predicted octanol–water partition coefficient (Wildman–Crippen LogP) is 4.96. The Bertz CT molecular complexity index is 1040. The van der Waals surface area contributed by atoms with Crippen molar-refractivity contribution in [1.82, 2.24) is 9.55 Å². The van der Waals surface area contributed by atoms with Crippen LogP contribution >= 0.6 is 0 Å².